The molecule has 0 saturated carbocycles. The van der Waals surface area contributed by atoms with E-state index in [1.54, 1.807) is 42.9 Å². The number of carbonyl (C=O) groups excluding carboxylic acids is 1. The summed E-state index contributed by atoms with van der Waals surface area (Å²) in [4.78, 5) is 21.0. The fourth-order valence-electron chi connectivity index (χ4n) is 3.00. The number of nitrogens with zero attached hydrogens (tertiary/aromatic N) is 3. The van der Waals surface area contributed by atoms with Gasteiger partial charge in [0.05, 0.1) is 46.1 Å². The van der Waals surface area contributed by atoms with E-state index in [1.807, 2.05) is 29.9 Å². The molecule has 0 unspecified atom stereocenters. The molecule has 0 bridgehead atoms. The average molecular weight is 379 g/mol. The van der Waals surface area contributed by atoms with Crippen molar-refractivity contribution in [1.29, 1.82) is 0 Å². The van der Waals surface area contributed by atoms with E-state index in [4.69, 9.17) is 8.85 Å². The van der Waals surface area contributed by atoms with E-state index in [9.17, 15) is 4.79 Å². The summed E-state index contributed by atoms with van der Waals surface area (Å²) in [6.45, 7) is 0. The topological polar surface area (TPSA) is 81.1 Å². The summed E-state index contributed by atoms with van der Waals surface area (Å²) in [5.41, 5.74) is 3.45. The lowest BCUT2D eigenvalue weighted by Crippen LogP contribution is -2.19. The number of urea groups is 1. The summed E-state index contributed by atoms with van der Waals surface area (Å²) < 4.78 is 28.6. The summed E-state index contributed by atoms with van der Waals surface area (Å²) >= 11 is 0. The van der Waals surface area contributed by atoms with Crippen LogP contribution in [0.5, 0.6) is 5.75 Å². The molecule has 0 atom stereocenters. The van der Waals surface area contributed by atoms with Crippen molar-refractivity contribution in [1.82, 2.24) is 14.5 Å². The summed E-state index contributed by atoms with van der Waals surface area (Å²) in [5, 5.41) is 6.31. The molecule has 0 aliphatic rings. The van der Waals surface area contributed by atoms with Gasteiger partial charge >= 0.3 is 6.03 Å². The third-order valence-electron chi connectivity index (χ3n) is 4.34. The van der Waals surface area contributed by atoms with E-state index < -0.39 is 13.1 Å². The lowest BCUT2D eigenvalue weighted by Gasteiger charge is -2.11. The third kappa shape index (κ3) is 3.37. The number of anilines is 2. The monoisotopic (exact) mass is 379 g/mol. The highest BCUT2D eigenvalue weighted by atomic mass is 16.5. The van der Waals surface area contributed by atoms with Crippen molar-refractivity contribution in [3.63, 3.8) is 0 Å². The van der Waals surface area contributed by atoms with Gasteiger partial charge in [0.1, 0.15) is 5.75 Å². The minimum absolute atomic E-state index is 0.0524. The number of rotatable bonds is 4. The van der Waals surface area contributed by atoms with Crippen molar-refractivity contribution < 1.29 is 13.6 Å². The van der Waals surface area contributed by atoms with Gasteiger partial charge in [-0.2, -0.15) is 0 Å². The van der Waals surface area contributed by atoms with Crippen LogP contribution in [-0.2, 0) is 7.05 Å². The fraction of sp³-hybridized carbons (Fsp3) is 0.0952. The molecule has 7 heteroatoms. The van der Waals surface area contributed by atoms with Gasteiger partial charge in [-0.25, -0.2) is 4.79 Å². The van der Waals surface area contributed by atoms with Gasteiger partial charge in [0.15, 0.2) is 0 Å². The van der Waals surface area contributed by atoms with Crippen molar-refractivity contribution in [3.05, 3.63) is 67.3 Å². The Morgan fingerprint density at radius 1 is 1.14 bits per heavy atom. The Labute approximate surface area is 166 Å². The second-order valence-electron chi connectivity index (χ2n) is 6.16. The molecule has 7 nitrogen and oxygen atoms in total. The largest absolute Gasteiger partial charge is 0.495 e. The number of aryl methyl sites for hydroxylation is 1. The number of nitrogens with one attached hydrogen (secondary N) is 2. The van der Waals surface area contributed by atoms with E-state index in [0.29, 0.717) is 5.69 Å². The quantitative estimate of drug-likeness (QED) is 0.554. The van der Waals surface area contributed by atoms with Crippen LogP contribution in [0.4, 0.5) is 16.2 Å². The molecule has 0 radical (unpaired) electrons. The van der Waals surface area contributed by atoms with Crippen molar-refractivity contribution in [2.75, 3.05) is 17.7 Å². The molecule has 0 spiro atoms. The van der Waals surface area contributed by atoms with E-state index >= 15 is 0 Å². The molecule has 2 N–H and O–H groups in total. The third-order valence-corrected chi connectivity index (χ3v) is 4.34. The lowest BCUT2D eigenvalue weighted by atomic mass is 10.1. The average Bonchev–Trinajstić information content (AvgIpc) is 3.06. The number of benzene rings is 1. The second-order valence-corrected chi connectivity index (χ2v) is 6.16. The number of methoxy groups -OCH3 is 1. The second kappa shape index (κ2) is 7.40. The Hall–Kier alpha value is -3.87. The number of para-hydroxylation sites is 2. The summed E-state index contributed by atoms with van der Waals surface area (Å²) in [7, 11) is -0.673. The number of carbonyl (C=O) groups is 1. The molecule has 0 fully saturated rings. The Morgan fingerprint density at radius 2 is 2.04 bits per heavy atom. The standard InChI is InChI=1S/C21H19N5O2/c1-26-13-16(15-9-10-22-12-19(15)26)17-8-7-14(11-23-17)24-21(27)25-18-5-3-4-6-20(18)28-2/h3-13H,1-2H3,(H2,24,25,27)/i2T3. The van der Waals surface area contributed by atoms with Gasteiger partial charge in [-0.1, -0.05) is 12.1 Å². The number of pyridine rings is 2. The smallest absolute Gasteiger partial charge is 0.323 e. The van der Waals surface area contributed by atoms with Gasteiger partial charge in [-0.15, -0.1) is 0 Å². The number of hydrogen-bond acceptors (Lipinski definition) is 4. The highest BCUT2D eigenvalue weighted by Crippen LogP contribution is 2.29. The number of hydrogen-bond donors (Lipinski definition) is 2. The molecule has 140 valence electrons. The van der Waals surface area contributed by atoms with Crippen LogP contribution >= 0.6 is 0 Å². The van der Waals surface area contributed by atoms with Crippen LogP contribution < -0.4 is 15.4 Å². The van der Waals surface area contributed by atoms with Crippen LogP contribution in [0.3, 0.4) is 0 Å². The predicted octanol–water partition coefficient (Wildman–Crippen LogP) is 4.29. The predicted molar refractivity (Wildman–Crippen MR) is 110 cm³/mol. The lowest BCUT2D eigenvalue weighted by molar-refractivity contribution is 0.262. The first-order chi connectivity index (χ1) is 14.8. The molecular formula is C21H19N5O2. The Bertz CT molecular complexity index is 1240. The SMILES string of the molecule is [3H]C([3H])([3H])Oc1ccccc1NC(=O)Nc1ccc(-c2cn(C)c3cnccc23)nc1. The highest BCUT2D eigenvalue weighted by molar-refractivity contribution is 6.01. The van der Waals surface area contributed by atoms with E-state index in [-0.39, 0.29) is 11.4 Å². The summed E-state index contributed by atoms with van der Waals surface area (Å²) in [6.07, 6.45) is 7.07. The zero-order valence-corrected chi connectivity index (χ0v) is 15.0. The van der Waals surface area contributed by atoms with E-state index in [0.717, 1.165) is 22.2 Å². The Morgan fingerprint density at radius 3 is 2.86 bits per heavy atom. The van der Waals surface area contributed by atoms with Gasteiger partial charge in [-0.05, 0) is 30.3 Å². The van der Waals surface area contributed by atoms with Gasteiger partial charge < -0.3 is 19.9 Å². The van der Waals surface area contributed by atoms with Crippen LogP contribution in [0, 0.1) is 0 Å². The number of ether oxygens (including phenoxy) is 1. The van der Waals surface area contributed by atoms with Crippen LogP contribution in [-0.4, -0.2) is 27.6 Å². The summed E-state index contributed by atoms with van der Waals surface area (Å²) in [5.74, 6) is 0.0524. The molecule has 3 heterocycles. The number of aromatic nitrogens is 3. The van der Waals surface area contributed by atoms with Crippen LogP contribution in [0.1, 0.15) is 4.11 Å². The maximum absolute atomic E-state index is 12.4. The fourth-order valence-corrected chi connectivity index (χ4v) is 3.00. The maximum Gasteiger partial charge on any atom is 0.323 e. The van der Waals surface area contributed by atoms with E-state index in [2.05, 4.69) is 20.6 Å². The molecule has 4 rings (SSSR count). The molecule has 1 aromatic carbocycles. The summed E-state index contributed by atoms with van der Waals surface area (Å²) in [6, 6.07) is 11.3. The van der Waals surface area contributed by atoms with Gasteiger partial charge in [0.25, 0.3) is 0 Å². The first-order valence-electron chi connectivity index (χ1n) is 10.0. The van der Waals surface area contributed by atoms with Crippen molar-refractivity contribution >= 4 is 28.3 Å². The van der Waals surface area contributed by atoms with E-state index in [1.165, 1.54) is 6.07 Å². The number of fused-ring (bicyclic) bond motifs is 1. The van der Waals surface area contributed by atoms with Gasteiger partial charge in [0.2, 0.25) is 0 Å². The first kappa shape index (κ1) is 14.2. The van der Waals surface area contributed by atoms with Crippen molar-refractivity contribution in [3.8, 4) is 17.0 Å². The first-order valence-corrected chi connectivity index (χ1v) is 8.52. The molecule has 0 aliphatic carbocycles. The van der Waals surface area contributed by atoms with Crippen molar-refractivity contribution in [2.24, 2.45) is 7.05 Å². The molecule has 2 amide bonds. The molecule has 28 heavy (non-hydrogen) atoms. The van der Waals surface area contributed by atoms with Crippen LogP contribution in [0.25, 0.3) is 22.2 Å². The van der Waals surface area contributed by atoms with Gasteiger partial charge in [0, 0.05) is 30.4 Å². The zero-order valence-electron chi connectivity index (χ0n) is 18.0. The van der Waals surface area contributed by atoms with Crippen molar-refractivity contribution in [2.45, 2.75) is 0 Å². The Balaban J connectivity index is 1.48. The normalized spacial score (nSPS) is 12.7. The Kier molecular flexibility index (Phi) is 3.76. The molecular weight excluding hydrogens is 354 g/mol. The molecule has 0 aliphatic heterocycles. The number of amides is 2. The molecule has 4 aromatic rings. The minimum Gasteiger partial charge on any atom is -0.495 e. The maximum atomic E-state index is 12.4. The minimum atomic E-state index is -2.62. The van der Waals surface area contributed by atoms with Crippen LogP contribution in [0.15, 0.2) is 67.3 Å². The highest BCUT2D eigenvalue weighted by Gasteiger charge is 2.11. The van der Waals surface area contributed by atoms with Crippen LogP contribution in [0.2, 0.25) is 0 Å². The molecule has 3 aromatic heterocycles. The van der Waals surface area contributed by atoms with Gasteiger partial charge in [-0.3, -0.25) is 9.97 Å². The zero-order chi connectivity index (χ0) is 22.0. The molecule has 0 saturated heterocycles.